The van der Waals surface area contributed by atoms with Gasteiger partial charge in [0.15, 0.2) is 0 Å². The molecule has 2 aromatic rings. The number of anilines is 1. The number of halogens is 2. The molecule has 0 atom stereocenters. The molecular weight excluding hydrogens is 256 g/mol. The zero-order valence-corrected chi connectivity index (χ0v) is 11.2. The van der Waals surface area contributed by atoms with Gasteiger partial charge in [-0.15, -0.1) is 0 Å². The largest absolute Gasteiger partial charge is 0.373 e. The van der Waals surface area contributed by atoms with E-state index in [0.29, 0.717) is 5.69 Å². The van der Waals surface area contributed by atoms with Crippen molar-refractivity contribution < 1.29 is 8.78 Å². The van der Waals surface area contributed by atoms with Crippen LogP contribution in [0.15, 0.2) is 48.5 Å². The van der Waals surface area contributed by atoms with Crippen molar-refractivity contribution in [1.82, 2.24) is 0 Å². The Balaban J connectivity index is 1.96. The average Bonchev–Trinajstić information content (AvgIpc) is 2.93. The summed E-state index contributed by atoms with van der Waals surface area (Å²) in [6, 6.07) is 13.8. The molecule has 1 fully saturated rings. The molecule has 0 unspecified atom stereocenters. The lowest BCUT2D eigenvalue weighted by molar-refractivity contribution is 0.500. The topological polar surface area (TPSA) is 12.0 Å². The SMILES string of the molecule is Fc1ccc(NC2(c3ccccc3)CCCC2)c(F)c1. The third-order valence-corrected chi connectivity index (χ3v) is 4.09. The van der Waals surface area contributed by atoms with E-state index in [1.165, 1.54) is 17.7 Å². The molecule has 104 valence electrons. The Kier molecular flexibility index (Phi) is 3.43. The lowest BCUT2D eigenvalue weighted by atomic mass is 9.88. The Hall–Kier alpha value is -1.90. The van der Waals surface area contributed by atoms with Gasteiger partial charge in [0.1, 0.15) is 11.6 Å². The monoisotopic (exact) mass is 273 g/mol. The molecule has 0 spiro atoms. The smallest absolute Gasteiger partial charge is 0.149 e. The fourth-order valence-corrected chi connectivity index (χ4v) is 3.07. The van der Waals surface area contributed by atoms with Crippen LogP contribution in [0, 0.1) is 11.6 Å². The molecule has 0 bridgehead atoms. The zero-order chi connectivity index (χ0) is 14.0. The maximum atomic E-state index is 13.9. The van der Waals surface area contributed by atoms with Crippen LogP contribution in [0.3, 0.4) is 0 Å². The fourth-order valence-electron chi connectivity index (χ4n) is 3.07. The van der Waals surface area contributed by atoms with Crippen molar-refractivity contribution in [1.29, 1.82) is 0 Å². The highest BCUT2D eigenvalue weighted by Crippen LogP contribution is 2.41. The quantitative estimate of drug-likeness (QED) is 0.843. The third kappa shape index (κ3) is 2.40. The first-order chi connectivity index (χ1) is 9.70. The molecule has 1 N–H and O–H groups in total. The van der Waals surface area contributed by atoms with E-state index in [1.54, 1.807) is 0 Å². The summed E-state index contributed by atoms with van der Waals surface area (Å²) in [4.78, 5) is 0. The zero-order valence-electron chi connectivity index (χ0n) is 11.2. The van der Waals surface area contributed by atoms with Crippen LogP contribution in [0.2, 0.25) is 0 Å². The Labute approximate surface area is 117 Å². The Morgan fingerprint density at radius 3 is 2.25 bits per heavy atom. The molecule has 1 aliphatic carbocycles. The Bertz CT molecular complexity index is 589. The summed E-state index contributed by atoms with van der Waals surface area (Å²) < 4.78 is 26.9. The van der Waals surface area contributed by atoms with Crippen LogP contribution in [0.1, 0.15) is 31.2 Å². The van der Waals surface area contributed by atoms with Crippen LogP contribution in [-0.4, -0.2) is 0 Å². The summed E-state index contributed by atoms with van der Waals surface area (Å²) in [7, 11) is 0. The van der Waals surface area contributed by atoms with Crippen molar-refractivity contribution in [2.24, 2.45) is 0 Å². The standard InChI is InChI=1S/C17H17F2N/c18-14-8-9-16(15(19)12-14)20-17(10-4-5-11-17)13-6-2-1-3-7-13/h1-3,6-9,12,20H,4-5,10-11H2. The van der Waals surface area contributed by atoms with E-state index < -0.39 is 11.6 Å². The summed E-state index contributed by atoms with van der Waals surface area (Å²) >= 11 is 0. The van der Waals surface area contributed by atoms with Crippen molar-refractivity contribution in [2.75, 3.05) is 5.32 Å². The fraction of sp³-hybridized carbons (Fsp3) is 0.294. The van der Waals surface area contributed by atoms with Gasteiger partial charge in [-0.25, -0.2) is 8.78 Å². The minimum atomic E-state index is -0.548. The second kappa shape index (κ2) is 5.23. The van der Waals surface area contributed by atoms with Crippen molar-refractivity contribution in [3.8, 4) is 0 Å². The minimum Gasteiger partial charge on any atom is -0.373 e. The van der Waals surface area contributed by atoms with Gasteiger partial charge in [0.05, 0.1) is 11.2 Å². The van der Waals surface area contributed by atoms with Crippen molar-refractivity contribution in [3.63, 3.8) is 0 Å². The molecule has 20 heavy (non-hydrogen) atoms. The van der Waals surface area contributed by atoms with Crippen LogP contribution in [0.4, 0.5) is 14.5 Å². The molecule has 0 aromatic heterocycles. The second-order valence-corrected chi connectivity index (χ2v) is 5.40. The number of nitrogens with one attached hydrogen (secondary N) is 1. The molecule has 1 aliphatic rings. The van der Waals surface area contributed by atoms with Gasteiger partial charge in [-0.3, -0.25) is 0 Å². The van der Waals surface area contributed by atoms with E-state index >= 15 is 0 Å². The van der Waals surface area contributed by atoms with Gasteiger partial charge in [-0.05, 0) is 30.5 Å². The Morgan fingerprint density at radius 1 is 0.900 bits per heavy atom. The molecule has 0 heterocycles. The first-order valence-corrected chi connectivity index (χ1v) is 6.98. The van der Waals surface area contributed by atoms with Crippen LogP contribution >= 0.6 is 0 Å². The van der Waals surface area contributed by atoms with E-state index in [0.717, 1.165) is 31.7 Å². The maximum absolute atomic E-state index is 13.9. The van der Waals surface area contributed by atoms with E-state index in [9.17, 15) is 8.78 Å². The number of hydrogen-bond donors (Lipinski definition) is 1. The molecule has 1 saturated carbocycles. The van der Waals surface area contributed by atoms with Gasteiger partial charge in [0, 0.05) is 6.07 Å². The maximum Gasteiger partial charge on any atom is 0.149 e. The highest BCUT2D eigenvalue weighted by Gasteiger charge is 2.35. The number of rotatable bonds is 3. The molecule has 3 rings (SSSR count). The average molecular weight is 273 g/mol. The molecule has 1 nitrogen and oxygen atoms in total. The second-order valence-electron chi connectivity index (χ2n) is 5.40. The van der Waals surface area contributed by atoms with Crippen molar-refractivity contribution >= 4 is 5.69 Å². The molecular formula is C17H17F2N. The van der Waals surface area contributed by atoms with Gasteiger partial charge >= 0.3 is 0 Å². The highest BCUT2D eigenvalue weighted by atomic mass is 19.1. The lowest BCUT2D eigenvalue weighted by Gasteiger charge is -2.32. The third-order valence-electron chi connectivity index (χ3n) is 4.09. The van der Waals surface area contributed by atoms with Crippen molar-refractivity contribution in [2.45, 2.75) is 31.2 Å². The van der Waals surface area contributed by atoms with E-state index in [1.807, 2.05) is 18.2 Å². The highest BCUT2D eigenvalue weighted by molar-refractivity contribution is 5.49. The van der Waals surface area contributed by atoms with Crippen LogP contribution in [-0.2, 0) is 5.54 Å². The van der Waals surface area contributed by atoms with E-state index in [-0.39, 0.29) is 5.54 Å². The minimum absolute atomic E-state index is 0.236. The molecule has 0 aliphatic heterocycles. The van der Waals surface area contributed by atoms with Gasteiger partial charge in [0.25, 0.3) is 0 Å². The number of benzene rings is 2. The Morgan fingerprint density at radius 2 is 1.60 bits per heavy atom. The van der Waals surface area contributed by atoms with Crippen molar-refractivity contribution in [3.05, 3.63) is 65.7 Å². The van der Waals surface area contributed by atoms with E-state index in [2.05, 4.69) is 17.4 Å². The molecule has 0 saturated heterocycles. The lowest BCUT2D eigenvalue weighted by Crippen LogP contribution is -2.32. The molecule has 0 radical (unpaired) electrons. The summed E-state index contributed by atoms with van der Waals surface area (Å²) in [6.07, 6.45) is 4.16. The molecule has 3 heteroatoms. The van der Waals surface area contributed by atoms with Gasteiger partial charge in [-0.1, -0.05) is 43.2 Å². The van der Waals surface area contributed by atoms with Gasteiger partial charge in [0.2, 0.25) is 0 Å². The van der Waals surface area contributed by atoms with Crippen LogP contribution in [0.5, 0.6) is 0 Å². The van der Waals surface area contributed by atoms with Gasteiger partial charge < -0.3 is 5.32 Å². The van der Waals surface area contributed by atoms with Gasteiger partial charge in [-0.2, -0.15) is 0 Å². The van der Waals surface area contributed by atoms with Crippen LogP contribution < -0.4 is 5.32 Å². The van der Waals surface area contributed by atoms with Crippen LogP contribution in [0.25, 0.3) is 0 Å². The summed E-state index contributed by atoms with van der Waals surface area (Å²) in [5, 5.41) is 3.32. The predicted octanol–water partition coefficient (Wildman–Crippen LogP) is 4.85. The first-order valence-electron chi connectivity index (χ1n) is 6.98. The van der Waals surface area contributed by atoms with E-state index in [4.69, 9.17) is 0 Å². The summed E-state index contributed by atoms with van der Waals surface area (Å²) in [6.45, 7) is 0. The normalized spacial score (nSPS) is 17.1. The summed E-state index contributed by atoms with van der Waals surface area (Å²) in [5.74, 6) is -1.08. The molecule has 0 amide bonds. The first kappa shape index (κ1) is 13.1. The number of hydrogen-bond acceptors (Lipinski definition) is 1. The molecule has 2 aromatic carbocycles. The predicted molar refractivity (Wildman–Crippen MR) is 76.6 cm³/mol. The summed E-state index contributed by atoms with van der Waals surface area (Å²) in [5.41, 5.74) is 1.30.